The second-order valence-corrected chi connectivity index (χ2v) is 4.30. The maximum atomic E-state index is 12.5. The fourth-order valence-corrected chi connectivity index (χ4v) is 1.83. The van der Waals surface area contributed by atoms with Gasteiger partial charge in [0.1, 0.15) is 5.69 Å². The summed E-state index contributed by atoms with van der Waals surface area (Å²) in [6.07, 6.45) is -3.42. The summed E-state index contributed by atoms with van der Waals surface area (Å²) in [5.74, 6) is 1.18. The first kappa shape index (κ1) is 13.5. The van der Waals surface area contributed by atoms with E-state index in [1.165, 1.54) is 0 Å². The average molecular weight is 297 g/mol. The Morgan fingerprint density at radius 1 is 1.14 bits per heavy atom. The highest BCUT2D eigenvalue weighted by molar-refractivity contribution is 5.45. The van der Waals surface area contributed by atoms with Crippen molar-refractivity contribution in [2.75, 3.05) is 12.1 Å². The van der Waals surface area contributed by atoms with Gasteiger partial charge in [0, 0.05) is 12.7 Å². The largest absolute Gasteiger partial charge is 0.454 e. The lowest BCUT2D eigenvalue weighted by Gasteiger charge is -2.09. The van der Waals surface area contributed by atoms with Crippen molar-refractivity contribution < 1.29 is 22.6 Å². The van der Waals surface area contributed by atoms with Crippen LogP contribution < -0.4 is 14.8 Å². The van der Waals surface area contributed by atoms with Crippen LogP contribution in [0.1, 0.15) is 11.3 Å². The summed E-state index contributed by atoms with van der Waals surface area (Å²) < 4.78 is 48.0. The van der Waals surface area contributed by atoms with Crippen LogP contribution in [-0.4, -0.2) is 16.8 Å². The number of benzene rings is 1. The minimum Gasteiger partial charge on any atom is -0.454 e. The molecule has 1 N–H and O–H groups in total. The summed E-state index contributed by atoms with van der Waals surface area (Å²) >= 11 is 0. The second kappa shape index (κ2) is 5.12. The molecule has 0 amide bonds. The van der Waals surface area contributed by atoms with Gasteiger partial charge in [0.25, 0.3) is 0 Å². The zero-order valence-electron chi connectivity index (χ0n) is 10.6. The van der Waals surface area contributed by atoms with Gasteiger partial charge in [0.05, 0.1) is 0 Å². The average Bonchev–Trinajstić information content (AvgIpc) is 2.92. The molecule has 1 aromatic carbocycles. The first-order chi connectivity index (χ1) is 10.0. The van der Waals surface area contributed by atoms with Gasteiger partial charge in [-0.1, -0.05) is 6.07 Å². The highest BCUT2D eigenvalue weighted by atomic mass is 19.4. The first-order valence-corrected chi connectivity index (χ1v) is 6.05. The number of anilines is 1. The fourth-order valence-electron chi connectivity index (χ4n) is 1.83. The topological polar surface area (TPSA) is 56.3 Å². The molecule has 1 aliphatic heterocycles. The number of alkyl halides is 3. The normalized spacial score (nSPS) is 13.3. The Morgan fingerprint density at radius 3 is 2.76 bits per heavy atom. The van der Waals surface area contributed by atoms with E-state index < -0.39 is 11.9 Å². The third-order valence-electron chi connectivity index (χ3n) is 2.83. The zero-order valence-corrected chi connectivity index (χ0v) is 10.6. The van der Waals surface area contributed by atoms with Crippen molar-refractivity contribution in [3.8, 4) is 11.5 Å². The molecule has 2 heterocycles. The summed E-state index contributed by atoms with van der Waals surface area (Å²) in [6, 6.07) is 6.11. The van der Waals surface area contributed by atoms with E-state index in [1.807, 2.05) is 0 Å². The molecule has 0 spiro atoms. The van der Waals surface area contributed by atoms with Crippen molar-refractivity contribution in [3.63, 3.8) is 0 Å². The van der Waals surface area contributed by atoms with Crippen LogP contribution in [0, 0.1) is 0 Å². The molecule has 0 saturated heterocycles. The zero-order chi connectivity index (χ0) is 14.9. The van der Waals surface area contributed by atoms with E-state index in [0.717, 1.165) is 17.8 Å². The molecule has 1 aromatic heterocycles. The Morgan fingerprint density at radius 2 is 1.95 bits per heavy atom. The van der Waals surface area contributed by atoms with Crippen LogP contribution in [0.4, 0.5) is 19.1 Å². The molecule has 0 atom stereocenters. The maximum absolute atomic E-state index is 12.5. The number of halogens is 3. The van der Waals surface area contributed by atoms with E-state index in [4.69, 9.17) is 9.47 Å². The van der Waals surface area contributed by atoms with Crippen LogP contribution in [0.5, 0.6) is 11.5 Å². The van der Waals surface area contributed by atoms with Gasteiger partial charge in [-0.2, -0.15) is 13.2 Å². The Hall–Kier alpha value is -2.51. The molecule has 5 nitrogen and oxygen atoms in total. The lowest BCUT2D eigenvalue weighted by molar-refractivity contribution is -0.141. The molecule has 0 fully saturated rings. The van der Waals surface area contributed by atoms with E-state index >= 15 is 0 Å². The molecular formula is C13H10F3N3O2. The van der Waals surface area contributed by atoms with Crippen molar-refractivity contribution in [2.24, 2.45) is 0 Å². The van der Waals surface area contributed by atoms with E-state index in [9.17, 15) is 13.2 Å². The number of nitrogens with zero attached hydrogens (tertiary/aromatic N) is 2. The Kier molecular flexibility index (Phi) is 3.28. The van der Waals surface area contributed by atoms with E-state index in [0.29, 0.717) is 11.5 Å². The molecule has 2 aromatic rings. The number of nitrogens with one attached hydrogen (secondary N) is 1. The second-order valence-electron chi connectivity index (χ2n) is 4.30. The van der Waals surface area contributed by atoms with Gasteiger partial charge in [-0.15, -0.1) is 0 Å². The molecule has 0 bridgehead atoms. The van der Waals surface area contributed by atoms with Gasteiger partial charge in [-0.25, -0.2) is 9.97 Å². The molecule has 0 radical (unpaired) electrons. The van der Waals surface area contributed by atoms with Crippen LogP contribution >= 0.6 is 0 Å². The molecule has 8 heteroatoms. The standard InChI is InChI=1S/C13H10F3N3O2/c14-13(15,16)11-3-4-17-12(19-11)18-6-8-1-2-9-10(5-8)21-7-20-9/h1-5H,6-7H2,(H,17,18,19). The molecule has 0 aliphatic carbocycles. The third-order valence-corrected chi connectivity index (χ3v) is 2.83. The molecule has 0 unspecified atom stereocenters. The van der Waals surface area contributed by atoms with Crippen molar-refractivity contribution in [2.45, 2.75) is 12.7 Å². The van der Waals surface area contributed by atoms with Crippen LogP contribution in [0.3, 0.4) is 0 Å². The maximum Gasteiger partial charge on any atom is 0.433 e. The van der Waals surface area contributed by atoms with Crippen LogP contribution in [-0.2, 0) is 12.7 Å². The molecule has 0 saturated carbocycles. The van der Waals surface area contributed by atoms with Crippen molar-refractivity contribution in [1.29, 1.82) is 0 Å². The van der Waals surface area contributed by atoms with Gasteiger partial charge in [0.15, 0.2) is 11.5 Å². The highest BCUT2D eigenvalue weighted by Crippen LogP contribution is 2.32. The first-order valence-electron chi connectivity index (χ1n) is 6.05. The van der Waals surface area contributed by atoms with E-state index in [-0.39, 0.29) is 19.3 Å². The molecular weight excluding hydrogens is 287 g/mol. The highest BCUT2D eigenvalue weighted by Gasteiger charge is 2.32. The van der Waals surface area contributed by atoms with Crippen molar-refractivity contribution in [1.82, 2.24) is 9.97 Å². The number of ether oxygens (including phenoxy) is 2. The fraction of sp³-hybridized carbons (Fsp3) is 0.231. The Bertz CT molecular complexity index is 661. The monoisotopic (exact) mass is 297 g/mol. The molecule has 21 heavy (non-hydrogen) atoms. The van der Waals surface area contributed by atoms with Crippen LogP contribution in [0.25, 0.3) is 0 Å². The van der Waals surface area contributed by atoms with E-state index in [1.54, 1.807) is 18.2 Å². The van der Waals surface area contributed by atoms with Gasteiger partial charge in [-0.05, 0) is 23.8 Å². The number of hydrogen-bond donors (Lipinski definition) is 1. The number of hydrogen-bond acceptors (Lipinski definition) is 5. The van der Waals surface area contributed by atoms with Crippen molar-refractivity contribution >= 4 is 5.95 Å². The molecule has 110 valence electrons. The smallest absolute Gasteiger partial charge is 0.433 e. The lowest BCUT2D eigenvalue weighted by Crippen LogP contribution is -2.11. The molecule has 1 aliphatic rings. The number of aromatic nitrogens is 2. The van der Waals surface area contributed by atoms with Crippen LogP contribution in [0.15, 0.2) is 30.5 Å². The van der Waals surface area contributed by atoms with Gasteiger partial charge in [-0.3, -0.25) is 0 Å². The predicted molar refractivity (Wildman–Crippen MR) is 66.9 cm³/mol. The summed E-state index contributed by atoms with van der Waals surface area (Å²) in [5, 5.41) is 2.75. The van der Waals surface area contributed by atoms with Crippen LogP contribution in [0.2, 0.25) is 0 Å². The number of rotatable bonds is 3. The SMILES string of the molecule is FC(F)(F)c1ccnc(NCc2ccc3c(c2)OCO3)n1. The summed E-state index contributed by atoms with van der Waals surface area (Å²) in [7, 11) is 0. The van der Waals surface area contributed by atoms with Crippen molar-refractivity contribution in [3.05, 3.63) is 41.7 Å². The van der Waals surface area contributed by atoms with Gasteiger partial charge < -0.3 is 14.8 Å². The third kappa shape index (κ3) is 2.99. The lowest BCUT2D eigenvalue weighted by atomic mass is 10.2. The summed E-state index contributed by atoms with van der Waals surface area (Å²) in [6.45, 7) is 0.445. The van der Waals surface area contributed by atoms with Gasteiger partial charge >= 0.3 is 6.18 Å². The summed E-state index contributed by atoms with van der Waals surface area (Å²) in [4.78, 5) is 7.19. The molecule has 3 rings (SSSR count). The quantitative estimate of drug-likeness (QED) is 0.944. The summed E-state index contributed by atoms with van der Waals surface area (Å²) in [5.41, 5.74) is -0.161. The Balaban J connectivity index is 1.70. The minimum absolute atomic E-state index is 0.0810. The minimum atomic E-state index is -4.49. The number of fused-ring (bicyclic) bond motifs is 1. The predicted octanol–water partition coefficient (Wildman–Crippen LogP) is 2.84. The van der Waals surface area contributed by atoms with E-state index in [2.05, 4.69) is 15.3 Å². The Labute approximate surface area is 117 Å². The van der Waals surface area contributed by atoms with Gasteiger partial charge in [0.2, 0.25) is 12.7 Å².